The number of anilines is 2. The minimum atomic E-state index is -3.64. The fourth-order valence-corrected chi connectivity index (χ4v) is 23.8. The monoisotopic (exact) mass is 1330 g/mol. The van der Waals surface area contributed by atoms with Crippen LogP contribution in [0.5, 0.6) is 0 Å². The van der Waals surface area contributed by atoms with Crippen molar-refractivity contribution in [3.8, 4) is 11.4 Å². The van der Waals surface area contributed by atoms with E-state index in [0.29, 0.717) is 92.7 Å². The SMILES string of the molecule is CC(C)[Si](OCCCS(=O)(=O)C1(c2cc(N3CCOC[C@@H]3C)nc(-c3ccc(N)cc3)n2)CCOCC1)(C(C)C)C(C)C.[Cl][Pd][Cl].c1ccc(P(c2ccccc2)c2ccccc2)cc1.c1ccc(P(c2ccccc2)c2ccccc2)cc1. The second kappa shape index (κ2) is 33.5. The molecule has 2 aliphatic heterocycles. The van der Waals surface area contributed by atoms with Crippen molar-refractivity contribution in [2.24, 2.45) is 0 Å². The van der Waals surface area contributed by atoms with E-state index in [1.54, 1.807) is 0 Å². The normalized spacial score (nSPS) is 15.2. The van der Waals surface area contributed by atoms with Gasteiger partial charge in [-0.15, -0.1) is 0 Å². The van der Waals surface area contributed by atoms with Gasteiger partial charge in [0.2, 0.25) is 0 Å². The van der Waals surface area contributed by atoms with Crippen LogP contribution >= 0.6 is 34.9 Å². The number of halogens is 2. The van der Waals surface area contributed by atoms with E-state index in [9.17, 15) is 8.42 Å². The van der Waals surface area contributed by atoms with Crippen molar-refractivity contribution in [3.63, 3.8) is 0 Å². The molecule has 2 N–H and O–H groups in total. The molecule has 0 saturated carbocycles. The maximum atomic E-state index is 14.5. The van der Waals surface area contributed by atoms with E-state index in [4.69, 9.17) is 48.7 Å². The Bertz CT molecular complexity index is 2950. The van der Waals surface area contributed by atoms with Crippen molar-refractivity contribution in [1.29, 1.82) is 0 Å². The molecule has 0 bridgehead atoms. The zero-order chi connectivity index (χ0) is 60.0. The number of hydrogen-bond acceptors (Lipinski definition) is 9. The molecule has 2 fully saturated rings. The number of benzene rings is 7. The van der Waals surface area contributed by atoms with Gasteiger partial charge in [-0.2, -0.15) is 0 Å². The number of ether oxygens (including phenoxy) is 2. The fraction of sp³-hybridized carbons (Fsp3) is 0.324. The number of rotatable bonds is 18. The Hall–Kier alpha value is -4.63. The van der Waals surface area contributed by atoms with E-state index >= 15 is 0 Å². The minimum absolute atomic E-state index is 0.0380. The van der Waals surface area contributed by atoms with Gasteiger partial charge in [0.05, 0.1) is 30.7 Å². The molecule has 8 aromatic rings. The number of nitrogens with zero attached hydrogens (tertiary/aromatic N) is 3. The Balaban J connectivity index is 0.000000202. The number of morpholine rings is 1. The molecule has 2 aliphatic rings. The van der Waals surface area contributed by atoms with E-state index in [1.165, 1.54) is 31.8 Å². The molecule has 9 nitrogen and oxygen atoms in total. The van der Waals surface area contributed by atoms with Crippen molar-refractivity contribution in [2.45, 2.75) is 95.1 Å². The van der Waals surface area contributed by atoms with Crippen LogP contribution in [0.25, 0.3) is 11.4 Å². The Morgan fingerprint density at radius 2 is 0.988 bits per heavy atom. The predicted octanol–water partition coefficient (Wildman–Crippen LogP) is 14.2. The predicted molar refractivity (Wildman–Crippen MR) is 359 cm³/mol. The number of hydrogen-bond donors (Lipinski definition) is 1. The van der Waals surface area contributed by atoms with Crippen LogP contribution in [0.3, 0.4) is 0 Å². The van der Waals surface area contributed by atoms with Gasteiger partial charge in [-0.25, -0.2) is 18.4 Å². The van der Waals surface area contributed by atoms with Crippen LogP contribution < -0.4 is 42.5 Å². The summed E-state index contributed by atoms with van der Waals surface area (Å²) in [5.41, 5.74) is 9.28. The third-order valence-electron chi connectivity index (χ3n) is 15.6. The van der Waals surface area contributed by atoms with Gasteiger partial charge in [0.25, 0.3) is 0 Å². The van der Waals surface area contributed by atoms with Crippen LogP contribution in [0.1, 0.15) is 73.4 Å². The van der Waals surface area contributed by atoms with Crippen LogP contribution in [0.4, 0.5) is 11.5 Å². The first-order valence-electron chi connectivity index (χ1n) is 28.9. The summed E-state index contributed by atoms with van der Waals surface area (Å²) >= 11 is -0.106. The summed E-state index contributed by atoms with van der Waals surface area (Å²) in [5, 5.41) is 8.39. The van der Waals surface area contributed by atoms with Crippen molar-refractivity contribution < 1.29 is 38.3 Å². The van der Waals surface area contributed by atoms with Gasteiger partial charge in [0.1, 0.15) is 10.6 Å². The molecule has 10 rings (SSSR count). The first kappa shape index (κ1) is 66.9. The Morgan fingerprint density at radius 3 is 1.35 bits per heavy atom. The number of sulfone groups is 1. The molecule has 1 atom stereocenters. The molecule has 0 radical (unpaired) electrons. The molecule has 0 unspecified atom stereocenters. The average molecular weight is 1330 g/mol. The maximum Gasteiger partial charge on any atom is -0.0134 e. The van der Waals surface area contributed by atoms with Gasteiger partial charge in [0.15, 0.2) is 24.0 Å². The Kier molecular flexibility index (Phi) is 26.7. The Morgan fingerprint density at radius 1 is 0.607 bits per heavy atom. The summed E-state index contributed by atoms with van der Waals surface area (Å²) in [7, 11) is 3.01. The van der Waals surface area contributed by atoms with Crippen molar-refractivity contribution >= 4 is 96.4 Å². The fourth-order valence-electron chi connectivity index (χ4n) is 11.6. The van der Waals surface area contributed by atoms with Gasteiger partial charge in [-0.1, -0.05) is 224 Å². The van der Waals surface area contributed by atoms with E-state index in [1.807, 2.05) is 30.3 Å². The van der Waals surface area contributed by atoms with Crippen molar-refractivity contribution in [1.82, 2.24) is 9.97 Å². The Labute approximate surface area is 521 Å². The minimum Gasteiger partial charge on any atom is -0.0622 e. The largest absolute Gasteiger partial charge is 0.0622 e. The van der Waals surface area contributed by atoms with Gasteiger partial charge in [-0.05, 0) is 115 Å². The third kappa shape index (κ3) is 17.5. The van der Waals surface area contributed by atoms with Crippen LogP contribution in [0.15, 0.2) is 212 Å². The first-order chi connectivity index (χ1) is 40.6. The summed E-state index contributed by atoms with van der Waals surface area (Å²) in [6, 6.07) is 74.1. The molecule has 16 heteroatoms. The summed E-state index contributed by atoms with van der Waals surface area (Å²) in [6.45, 7) is 18.6. The molecule has 1 aromatic heterocycles. The van der Waals surface area contributed by atoms with Gasteiger partial charge >= 0.3 is 35.0 Å². The van der Waals surface area contributed by atoms with Crippen molar-refractivity contribution in [2.75, 3.05) is 56.0 Å². The number of aromatic nitrogens is 2. The van der Waals surface area contributed by atoms with Gasteiger partial charge in [0, 0.05) is 43.7 Å². The topological polar surface area (TPSA) is 117 Å². The summed E-state index contributed by atoms with van der Waals surface area (Å²) in [5.74, 6) is 1.26. The van der Waals surface area contributed by atoms with Crippen LogP contribution in [0.2, 0.25) is 16.6 Å². The zero-order valence-electron chi connectivity index (χ0n) is 49.4. The van der Waals surface area contributed by atoms with E-state index < -0.39 is 38.7 Å². The first-order valence-corrected chi connectivity index (χ1v) is 39.4. The summed E-state index contributed by atoms with van der Waals surface area (Å²) < 4.78 is 45.9. The number of nitrogens with two attached hydrogens (primary N) is 1. The van der Waals surface area contributed by atoms with E-state index in [2.05, 4.69) is 235 Å². The summed E-state index contributed by atoms with van der Waals surface area (Å²) in [6.07, 6.45) is 1.17. The maximum absolute atomic E-state index is 14.5. The second-order valence-corrected chi connectivity index (χ2v) is 36.5. The zero-order valence-corrected chi connectivity index (χ0v) is 56.1. The molecule has 0 amide bonds. The van der Waals surface area contributed by atoms with Crippen molar-refractivity contribution in [3.05, 3.63) is 218 Å². The molecule has 448 valence electrons. The van der Waals surface area contributed by atoms with E-state index in [0.717, 1.165) is 11.4 Å². The van der Waals surface area contributed by atoms with Crippen LogP contribution in [0, 0.1) is 0 Å². The molecule has 0 spiro atoms. The molecular weight excluding hydrogens is 1250 g/mol. The molecule has 3 heterocycles. The third-order valence-corrected chi connectivity index (χ3v) is 29.2. The molecule has 84 heavy (non-hydrogen) atoms. The summed E-state index contributed by atoms with van der Waals surface area (Å²) in [4.78, 5) is 12.1. The second-order valence-electron chi connectivity index (χ2n) is 21.8. The van der Waals surface area contributed by atoms with E-state index in [-0.39, 0.29) is 27.7 Å². The average Bonchev–Trinajstić information content (AvgIpc) is 3.71. The standard InChI is InChI=1S/C32H52N4O5SSi.2C18H15P.2ClH.Pd/c1-23(2)43(24(3)4,25(5)6)41-16-8-20-42(37,38)32(13-17-39-18-14-32)29-21-30(36-15-19-40-22-26(36)7)35-31(34-29)27-9-11-28(33)12-10-27;2*1-4-10-16(11-5-1)19(17-12-6-2-7-13-17)18-14-8-3-9-15-18;;;/h9-12,21,23-26H,8,13-20,22,33H2,1-7H3;2*1-15H;2*1H;/q;;;;;+2/p-2/t26-;;;;;/m0...../s1. The molecule has 2 saturated heterocycles. The van der Waals surface area contributed by atoms with Gasteiger partial charge < -0.3 is 24.5 Å². The quantitative estimate of drug-likeness (QED) is 0.0388. The smallest absolute Gasteiger partial charge is 0.0134 e. The molecular formula is C68H82Cl2N4O5P2PdSSi. The molecule has 7 aromatic carbocycles. The van der Waals surface area contributed by atoms with Crippen LogP contribution in [-0.4, -0.2) is 78.1 Å². The number of nitrogen functional groups attached to an aromatic ring is 1. The van der Waals surface area contributed by atoms with Crippen LogP contribution in [-0.2, 0) is 44.4 Å². The molecule has 0 aliphatic carbocycles. The van der Waals surface area contributed by atoms with Gasteiger partial charge in [-0.3, -0.25) is 0 Å².